The zero-order chi connectivity index (χ0) is 11.3. The summed E-state index contributed by atoms with van der Waals surface area (Å²) in [5, 5.41) is 4.63. The number of rotatable bonds is 4. The van der Waals surface area contributed by atoms with Crippen molar-refractivity contribution in [1.82, 2.24) is 5.32 Å². The Morgan fingerprint density at radius 1 is 1.47 bits per heavy atom. The van der Waals surface area contributed by atoms with Crippen LogP contribution in [0.25, 0.3) is 0 Å². The number of benzene rings is 1. The molecule has 1 aromatic rings. The molecule has 0 spiro atoms. The second-order valence-corrected chi connectivity index (χ2v) is 4.27. The lowest BCUT2D eigenvalue weighted by Gasteiger charge is -2.11. The van der Waals surface area contributed by atoms with Crippen LogP contribution in [0.4, 0.5) is 0 Å². The molecule has 0 aliphatic rings. The summed E-state index contributed by atoms with van der Waals surface area (Å²) >= 11 is 11.8. The monoisotopic (exact) mass is 241 g/mol. The molecule has 3 heteroatoms. The average Bonchev–Trinajstić information content (AvgIpc) is 2.17. The van der Waals surface area contributed by atoms with Crippen LogP contribution in [0.3, 0.4) is 0 Å². The molecule has 0 saturated carbocycles. The Kier molecular flexibility index (Phi) is 4.98. The first-order chi connectivity index (χ1) is 7.13. The molecule has 1 rings (SSSR count). The average molecular weight is 242 g/mol. The highest BCUT2D eigenvalue weighted by molar-refractivity contribution is 6.35. The fourth-order valence-corrected chi connectivity index (χ4v) is 1.67. The topological polar surface area (TPSA) is 12.0 Å². The highest BCUT2D eigenvalue weighted by Gasteiger charge is 2.03. The van der Waals surface area contributed by atoms with E-state index < -0.39 is 0 Å². The molecule has 1 atom stereocenters. The highest BCUT2D eigenvalue weighted by atomic mass is 35.5. The van der Waals surface area contributed by atoms with Gasteiger partial charge in [0.1, 0.15) is 0 Å². The van der Waals surface area contributed by atoms with E-state index in [4.69, 9.17) is 29.6 Å². The maximum atomic E-state index is 6.03. The van der Waals surface area contributed by atoms with Crippen molar-refractivity contribution in [2.24, 2.45) is 0 Å². The van der Waals surface area contributed by atoms with E-state index in [0.29, 0.717) is 29.1 Å². The van der Waals surface area contributed by atoms with Gasteiger partial charge in [0, 0.05) is 29.1 Å². The zero-order valence-corrected chi connectivity index (χ0v) is 10.1. The number of hydrogen-bond donors (Lipinski definition) is 1. The molecular formula is C12H13Cl2N. The Labute approximate surface area is 101 Å². The minimum atomic E-state index is 0.293. The van der Waals surface area contributed by atoms with E-state index >= 15 is 0 Å². The summed E-state index contributed by atoms with van der Waals surface area (Å²) in [7, 11) is 0. The molecule has 15 heavy (non-hydrogen) atoms. The summed E-state index contributed by atoms with van der Waals surface area (Å²) in [6.45, 7) is 2.75. The SMILES string of the molecule is C#CCC(C)NCc1ccc(Cl)cc1Cl. The Hall–Kier alpha value is -0.680. The van der Waals surface area contributed by atoms with Gasteiger partial charge in [0.05, 0.1) is 0 Å². The summed E-state index contributed by atoms with van der Waals surface area (Å²) in [6, 6.07) is 5.78. The van der Waals surface area contributed by atoms with Crippen LogP contribution >= 0.6 is 23.2 Å². The summed E-state index contributed by atoms with van der Waals surface area (Å²) in [6.07, 6.45) is 5.93. The van der Waals surface area contributed by atoms with Crippen LogP contribution in [0, 0.1) is 12.3 Å². The van der Waals surface area contributed by atoms with Gasteiger partial charge in [0.25, 0.3) is 0 Å². The normalized spacial score (nSPS) is 12.1. The van der Waals surface area contributed by atoms with Crippen molar-refractivity contribution in [3.8, 4) is 12.3 Å². The summed E-state index contributed by atoms with van der Waals surface area (Å²) in [5.41, 5.74) is 1.03. The van der Waals surface area contributed by atoms with Crippen LogP contribution in [0.15, 0.2) is 18.2 Å². The molecule has 0 aliphatic carbocycles. The van der Waals surface area contributed by atoms with Gasteiger partial charge >= 0.3 is 0 Å². The van der Waals surface area contributed by atoms with Gasteiger partial charge in [-0.05, 0) is 24.6 Å². The second-order valence-electron chi connectivity index (χ2n) is 3.43. The maximum Gasteiger partial charge on any atom is 0.0465 e. The van der Waals surface area contributed by atoms with Crippen molar-refractivity contribution < 1.29 is 0 Å². The number of terminal acetylenes is 1. The van der Waals surface area contributed by atoms with Crippen LogP contribution in [0.2, 0.25) is 10.0 Å². The highest BCUT2D eigenvalue weighted by Crippen LogP contribution is 2.20. The molecule has 0 fully saturated rings. The molecule has 0 saturated heterocycles. The maximum absolute atomic E-state index is 6.03. The molecule has 1 unspecified atom stereocenters. The van der Waals surface area contributed by atoms with Gasteiger partial charge in [0.15, 0.2) is 0 Å². The first-order valence-corrected chi connectivity index (χ1v) is 5.50. The van der Waals surface area contributed by atoms with Gasteiger partial charge in [0.2, 0.25) is 0 Å². The van der Waals surface area contributed by atoms with E-state index in [1.807, 2.05) is 19.1 Å². The third-order valence-electron chi connectivity index (χ3n) is 2.08. The molecule has 0 bridgehead atoms. The first kappa shape index (κ1) is 12.4. The van der Waals surface area contributed by atoms with Crippen molar-refractivity contribution in [3.63, 3.8) is 0 Å². The standard InChI is InChI=1S/C12H13Cl2N/c1-3-4-9(2)15-8-10-5-6-11(13)7-12(10)14/h1,5-7,9,15H,4,8H2,2H3. The lowest BCUT2D eigenvalue weighted by Crippen LogP contribution is -2.24. The van der Waals surface area contributed by atoms with Crippen LogP contribution in [-0.4, -0.2) is 6.04 Å². The molecule has 0 amide bonds. The Bertz CT molecular complexity index is 368. The van der Waals surface area contributed by atoms with Gasteiger partial charge in [-0.3, -0.25) is 0 Å². The van der Waals surface area contributed by atoms with Crippen LogP contribution in [-0.2, 0) is 6.54 Å². The fourth-order valence-electron chi connectivity index (χ4n) is 1.20. The minimum Gasteiger partial charge on any atom is -0.309 e. The van der Waals surface area contributed by atoms with Crippen molar-refractivity contribution in [2.45, 2.75) is 25.9 Å². The van der Waals surface area contributed by atoms with Crippen LogP contribution in [0.1, 0.15) is 18.9 Å². The van der Waals surface area contributed by atoms with E-state index in [2.05, 4.69) is 11.2 Å². The third kappa shape index (κ3) is 4.13. The van der Waals surface area contributed by atoms with E-state index in [-0.39, 0.29) is 0 Å². The number of halogens is 2. The van der Waals surface area contributed by atoms with Crippen molar-refractivity contribution in [2.75, 3.05) is 0 Å². The molecule has 0 heterocycles. The molecule has 1 aromatic carbocycles. The predicted octanol–water partition coefficient (Wildman–Crippen LogP) is 3.49. The van der Waals surface area contributed by atoms with Gasteiger partial charge in [-0.2, -0.15) is 0 Å². The van der Waals surface area contributed by atoms with E-state index in [1.54, 1.807) is 6.07 Å². The fraction of sp³-hybridized carbons (Fsp3) is 0.333. The Balaban J connectivity index is 2.55. The summed E-state index contributed by atoms with van der Waals surface area (Å²) in [4.78, 5) is 0. The van der Waals surface area contributed by atoms with Crippen LogP contribution in [0.5, 0.6) is 0 Å². The third-order valence-corrected chi connectivity index (χ3v) is 2.67. The Morgan fingerprint density at radius 3 is 2.80 bits per heavy atom. The molecule has 1 nitrogen and oxygen atoms in total. The summed E-state index contributed by atoms with van der Waals surface area (Å²) in [5.74, 6) is 2.61. The zero-order valence-electron chi connectivity index (χ0n) is 8.56. The summed E-state index contributed by atoms with van der Waals surface area (Å²) < 4.78 is 0. The van der Waals surface area contributed by atoms with E-state index in [1.165, 1.54) is 0 Å². The minimum absolute atomic E-state index is 0.293. The van der Waals surface area contributed by atoms with E-state index in [9.17, 15) is 0 Å². The molecule has 0 aromatic heterocycles. The van der Waals surface area contributed by atoms with Gasteiger partial charge < -0.3 is 5.32 Å². The van der Waals surface area contributed by atoms with Crippen LogP contribution < -0.4 is 5.32 Å². The Morgan fingerprint density at radius 2 is 2.20 bits per heavy atom. The van der Waals surface area contributed by atoms with Crippen molar-refractivity contribution in [1.29, 1.82) is 0 Å². The molecule has 0 aliphatic heterocycles. The number of nitrogens with one attached hydrogen (secondary N) is 1. The second kappa shape index (κ2) is 6.02. The molecule has 0 radical (unpaired) electrons. The first-order valence-electron chi connectivity index (χ1n) is 4.74. The van der Waals surface area contributed by atoms with Gasteiger partial charge in [-0.25, -0.2) is 0 Å². The van der Waals surface area contributed by atoms with Gasteiger partial charge in [-0.15, -0.1) is 12.3 Å². The van der Waals surface area contributed by atoms with E-state index in [0.717, 1.165) is 5.56 Å². The molecule has 80 valence electrons. The predicted molar refractivity (Wildman–Crippen MR) is 66.2 cm³/mol. The van der Waals surface area contributed by atoms with Crippen molar-refractivity contribution >= 4 is 23.2 Å². The number of hydrogen-bond acceptors (Lipinski definition) is 1. The quantitative estimate of drug-likeness (QED) is 0.797. The van der Waals surface area contributed by atoms with Gasteiger partial charge in [-0.1, -0.05) is 29.3 Å². The lowest BCUT2D eigenvalue weighted by molar-refractivity contribution is 0.559. The lowest BCUT2D eigenvalue weighted by atomic mass is 10.2. The largest absolute Gasteiger partial charge is 0.309 e. The van der Waals surface area contributed by atoms with Crippen molar-refractivity contribution in [3.05, 3.63) is 33.8 Å². The molecular weight excluding hydrogens is 229 g/mol. The molecule has 1 N–H and O–H groups in total. The smallest absolute Gasteiger partial charge is 0.0465 e.